The molecule has 1 atom stereocenters. The Bertz CT molecular complexity index is 528. The number of hydrogen-bond donors (Lipinski definition) is 1. The van der Waals surface area contributed by atoms with E-state index in [0.717, 1.165) is 31.5 Å². The minimum atomic E-state index is -0.917. The van der Waals surface area contributed by atoms with E-state index in [0.29, 0.717) is 16.5 Å². The van der Waals surface area contributed by atoms with Gasteiger partial charge in [-0.3, -0.25) is 4.21 Å². The molecule has 0 aliphatic carbocycles. The van der Waals surface area contributed by atoms with Gasteiger partial charge < -0.3 is 10.2 Å². The lowest BCUT2D eigenvalue weighted by atomic mass is 10.2. The third-order valence-corrected chi connectivity index (χ3v) is 4.61. The standard InChI is InChI=1S/C15H21ClN2O2S/c1-21(20)11-12-6-7-13(16)14(10-12)17-15(19)18-8-4-2-3-5-9-18/h6-7,10H,2-5,8-9,11H2,1H3,(H,17,19)/t21-/m0/s1. The van der Waals surface area contributed by atoms with E-state index < -0.39 is 10.8 Å². The van der Waals surface area contributed by atoms with Gasteiger partial charge in [0.2, 0.25) is 0 Å². The van der Waals surface area contributed by atoms with Gasteiger partial charge in [-0.15, -0.1) is 0 Å². The maximum absolute atomic E-state index is 12.3. The summed E-state index contributed by atoms with van der Waals surface area (Å²) in [5.74, 6) is 0.462. The van der Waals surface area contributed by atoms with E-state index in [1.54, 1.807) is 18.4 Å². The van der Waals surface area contributed by atoms with Crippen LogP contribution in [0.25, 0.3) is 0 Å². The van der Waals surface area contributed by atoms with Crippen molar-refractivity contribution in [2.45, 2.75) is 31.4 Å². The molecule has 0 radical (unpaired) electrons. The molecule has 2 rings (SSSR count). The number of urea groups is 1. The summed E-state index contributed by atoms with van der Waals surface area (Å²) in [5.41, 5.74) is 1.50. The predicted molar refractivity (Wildman–Crippen MR) is 88.3 cm³/mol. The quantitative estimate of drug-likeness (QED) is 0.921. The van der Waals surface area contributed by atoms with Crippen LogP contribution in [0.2, 0.25) is 5.02 Å². The molecule has 0 aromatic heterocycles. The molecule has 1 aromatic carbocycles. The number of anilines is 1. The maximum atomic E-state index is 12.3. The Morgan fingerprint density at radius 3 is 2.57 bits per heavy atom. The fourth-order valence-corrected chi connectivity index (χ4v) is 3.27. The van der Waals surface area contributed by atoms with Crippen molar-refractivity contribution in [3.8, 4) is 0 Å². The molecule has 6 heteroatoms. The van der Waals surface area contributed by atoms with Crippen LogP contribution in [0, 0.1) is 0 Å². The second-order valence-corrected chi connectivity index (χ2v) is 7.21. The molecule has 0 bridgehead atoms. The van der Waals surface area contributed by atoms with Gasteiger partial charge in [0.1, 0.15) is 0 Å². The second-order valence-electron chi connectivity index (χ2n) is 5.36. The normalized spacial score (nSPS) is 17.1. The summed E-state index contributed by atoms with van der Waals surface area (Å²) in [4.78, 5) is 14.1. The van der Waals surface area contributed by atoms with Crippen LogP contribution < -0.4 is 5.32 Å². The number of carbonyl (C=O) groups excluding carboxylic acids is 1. The van der Waals surface area contributed by atoms with Crippen molar-refractivity contribution in [3.63, 3.8) is 0 Å². The highest BCUT2D eigenvalue weighted by Crippen LogP contribution is 2.24. The number of nitrogens with zero attached hydrogens (tertiary/aromatic N) is 1. The molecule has 0 saturated carbocycles. The minimum Gasteiger partial charge on any atom is -0.325 e. The molecule has 0 spiro atoms. The van der Waals surface area contributed by atoms with Crippen molar-refractivity contribution in [1.82, 2.24) is 4.90 Å². The largest absolute Gasteiger partial charge is 0.325 e. The number of rotatable bonds is 3. The SMILES string of the molecule is C[S@](=O)Cc1ccc(Cl)c(NC(=O)N2CCCCCC2)c1. The maximum Gasteiger partial charge on any atom is 0.321 e. The summed E-state index contributed by atoms with van der Waals surface area (Å²) in [6.45, 7) is 1.59. The molecule has 1 aliphatic heterocycles. The zero-order chi connectivity index (χ0) is 15.2. The van der Waals surface area contributed by atoms with Gasteiger partial charge in [-0.1, -0.05) is 30.5 Å². The van der Waals surface area contributed by atoms with Gasteiger partial charge in [-0.25, -0.2) is 4.79 Å². The summed E-state index contributed by atoms with van der Waals surface area (Å²) in [5, 5.41) is 3.38. The number of halogens is 1. The van der Waals surface area contributed by atoms with Gasteiger partial charge in [-0.05, 0) is 30.5 Å². The molecule has 21 heavy (non-hydrogen) atoms. The first-order valence-electron chi connectivity index (χ1n) is 7.20. The summed E-state index contributed by atoms with van der Waals surface area (Å²) in [6.07, 6.45) is 6.13. The topological polar surface area (TPSA) is 49.4 Å². The lowest BCUT2D eigenvalue weighted by molar-refractivity contribution is 0.214. The highest BCUT2D eigenvalue weighted by molar-refractivity contribution is 7.83. The summed E-state index contributed by atoms with van der Waals surface area (Å²) >= 11 is 6.14. The smallest absolute Gasteiger partial charge is 0.321 e. The van der Waals surface area contributed by atoms with Crippen molar-refractivity contribution in [3.05, 3.63) is 28.8 Å². The Morgan fingerprint density at radius 2 is 1.95 bits per heavy atom. The van der Waals surface area contributed by atoms with E-state index in [1.807, 2.05) is 11.0 Å². The molecule has 1 heterocycles. The number of hydrogen-bond acceptors (Lipinski definition) is 2. The third-order valence-electron chi connectivity index (χ3n) is 3.54. The van der Waals surface area contributed by atoms with Gasteiger partial charge in [-0.2, -0.15) is 0 Å². The molecule has 116 valence electrons. The van der Waals surface area contributed by atoms with Crippen LogP contribution in [0.4, 0.5) is 10.5 Å². The van der Waals surface area contributed by atoms with Crippen molar-refractivity contribution in [2.24, 2.45) is 0 Å². The van der Waals surface area contributed by atoms with Crippen LogP contribution in [0.5, 0.6) is 0 Å². The first-order chi connectivity index (χ1) is 10.1. The van der Waals surface area contributed by atoms with Crippen LogP contribution in [-0.2, 0) is 16.6 Å². The minimum absolute atomic E-state index is 0.103. The summed E-state index contributed by atoms with van der Waals surface area (Å²) < 4.78 is 11.3. The molecule has 1 aliphatic rings. The lowest BCUT2D eigenvalue weighted by Gasteiger charge is -2.21. The summed E-state index contributed by atoms with van der Waals surface area (Å²) in [7, 11) is -0.917. The number of nitrogens with one attached hydrogen (secondary N) is 1. The third kappa shape index (κ3) is 5.00. The molecule has 1 fully saturated rings. The van der Waals surface area contributed by atoms with E-state index in [1.165, 1.54) is 12.8 Å². The van der Waals surface area contributed by atoms with Crippen molar-refractivity contribution < 1.29 is 9.00 Å². The van der Waals surface area contributed by atoms with Crippen LogP contribution in [0.3, 0.4) is 0 Å². The zero-order valence-electron chi connectivity index (χ0n) is 12.2. The fraction of sp³-hybridized carbons (Fsp3) is 0.533. The van der Waals surface area contributed by atoms with Crippen LogP contribution in [-0.4, -0.2) is 34.5 Å². The van der Waals surface area contributed by atoms with E-state index >= 15 is 0 Å². The van der Waals surface area contributed by atoms with Crippen LogP contribution in [0.1, 0.15) is 31.2 Å². The van der Waals surface area contributed by atoms with E-state index in [2.05, 4.69) is 5.32 Å². The molecule has 0 unspecified atom stereocenters. The van der Waals surface area contributed by atoms with Gasteiger partial charge in [0.25, 0.3) is 0 Å². The molecule has 1 saturated heterocycles. The molecule has 2 amide bonds. The zero-order valence-corrected chi connectivity index (χ0v) is 13.8. The highest BCUT2D eigenvalue weighted by atomic mass is 35.5. The van der Waals surface area contributed by atoms with Crippen LogP contribution in [0.15, 0.2) is 18.2 Å². The fourth-order valence-electron chi connectivity index (χ4n) is 2.46. The van der Waals surface area contributed by atoms with E-state index in [4.69, 9.17) is 11.6 Å². The first kappa shape index (κ1) is 16.3. The van der Waals surface area contributed by atoms with E-state index in [-0.39, 0.29) is 6.03 Å². The molecular weight excluding hydrogens is 308 g/mol. The molecule has 1 N–H and O–H groups in total. The van der Waals surface area contributed by atoms with Crippen molar-refractivity contribution in [1.29, 1.82) is 0 Å². The molecular formula is C15H21ClN2O2S. The number of carbonyl (C=O) groups is 1. The Morgan fingerprint density at radius 1 is 1.29 bits per heavy atom. The van der Waals surface area contributed by atoms with Gasteiger partial charge >= 0.3 is 6.03 Å². The van der Waals surface area contributed by atoms with Gasteiger partial charge in [0, 0.05) is 35.9 Å². The molecule has 4 nitrogen and oxygen atoms in total. The Hall–Kier alpha value is -1.07. The van der Waals surface area contributed by atoms with Crippen molar-refractivity contribution in [2.75, 3.05) is 24.7 Å². The highest BCUT2D eigenvalue weighted by Gasteiger charge is 2.16. The Kier molecular flexibility index (Phi) is 6.06. The summed E-state index contributed by atoms with van der Waals surface area (Å²) in [6, 6.07) is 5.28. The average molecular weight is 329 g/mol. The lowest BCUT2D eigenvalue weighted by Crippen LogP contribution is -2.35. The van der Waals surface area contributed by atoms with Gasteiger partial charge in [0.15, 0.2) is 0 Å². The predicted octanol–water partition coefficient (Wildman–Crippen LogP) is 3.63. The van der Waals surface area contributed by atoms with E-state index in [9.17, 15) is 9.00 Å². The number of benzene rings is 1. The Labute approximate surface area is 133 Å². The number of likely N-dealkylation sites (tertiary alicyclic amines) is 1. The van der Waals surface area contributed by atoms with Crippen molar-refractivity contribution >= 4 is 34.1 Å². The monoisotopic (exact) mass is 328 g/mol. The average Bonchev–Trinajstić information content (AvgIpc) is 2.71. The molecule has 1 aromatic rings. The van der Waals surface area contributed by atoms with Gasteiger partial charge in [0.05, 0.1) is 10.7 Å². The van der Waals surface area contributed by atoms with Crippen LogP contribution >= 0.6 is 11.6 Å². The Balaban J connectivity index is 2.06. The second kappa shape index (κ2) is 7.80. The first-order valence-corrected chi connectivity index (χ1v) is 9.31. The number of amides is 2.